The van der Waals surface area contributed by atoms with Crippen molar-refractivity contribution in [2.75, 3.05) is 0 Å². The molecule has 4 heteroatoms. The van der Waals surface area contributed by atoms with Crippen molar-refractivity contribution in [1.29, 1.82) is 0 Å². The van der Waals surface area contributed by atoms with Crippen molar-refractivity contribution < 1.29 is 8.42 Å². The van der Waals surface area contributed by atoms with Crippen LogP contribution >= 0.6 is 0 Å². The number of rotatable bonds is 3. The molecule has 0 aliphatic carbocycles. The molecule has 102 valence electrons. The number of aryl methyl sites for hydroxylation is 1. The first-order valence-electron chi connectivity index (χ1n) is 6.17. The fraction of sp³-hybridized carbons (Fsp3) is 0.571. The first-order valence-corrected chi connectivity index (χ1v) is 7.66. The lowest BCUT2D eigenvalue weighted by Gasteiger charge is -2.21. The molecule has 0 saturated heterocycles. The molecule has 0 radical (unpaired) electrons. The van der Waals surface area contributed by atoms with Gasteiger partial charge in [0, 0.05) is 5.54 Å². The highest BCUT2D eigenvalue weighted by Crippen LogP contribution is 2.23. The van der Waals surface area contributed by atoms with Crippen LogP contribution in [0.25, 0.3) is 0 Å². The molecule has 18 heavy (non-hydrogen) atoms. The van der Waals surface area contributed by atoms with Crippen LogP contribution in [0.15, 0.2) is 23.1 Å². The molecule has 0 heterocycles. The maximum atomic E-state index is 12.3. The summed E-state index contributed by atoms with van der Waals surface area (Å²) in [5, 5.41) is 0. The summed E-state index contributed by atoms with van der Waals surface area (Å²) < 4.78 is 27.4. The molecule has 0 amide bonds. The van der Waals surface area contributed by atoms with Gasteiger partial charge in [-0.05, 0) is 50.8 Å². The van der Waals surface area contributed by atoms with Crippen LogP contribution in [0.5, 0.6) is 0 Å². The van der Waals surface area contributed by atoms with E-state index < -0.39 is 15.6 Å². The van der Waals surface area contributed by atoms with Gasteiger partial charge in [0.05, 0.1) is 4.90 Å². The summed E-state index contributed by atoms with van der Waals surface area (Å²) >= 11 is 0. The third-order valence-electron chi connectivity index (χ3n) is 2.61. The van der Waals surface area contributed by atoms with Crippen molar-refractivity contribution in [3.05, 3.63) is 29.3 Å². The summed E-state index contributed by atoms with van der Waals surface area (Å²) in [5.74, 6) is 0.314. The Bertz CT molecular complexity index is 525. The van der Waals surface area contributed by atoms with Gasteiger partial charge in [-0.3, -0.25) is 0 Å². The summed E-state index contributed by atoms with van der Waals surface area (Å²) in [7, 11) is -3.45. The molecule has 0 fully saturated rings. The average Bonchev–Trinajstić information content (AvgIpc) is 2.13. The lowest BCUT2D eigenvalue weighted by Crippen LogP contribution is -2.40. The van der Waals surface area contributed by atoms with Crippen LogP contribution in [0, 0.1) is 6.92 Å². The van der Waals surface area contributed by atoms with Crippen molar-refractivity contribution in [1.82, 2.24) is 4.72 Å². The molecular formula is C14H23NO2S. The maximum absolute atomic E-state index is 12.3. The minimum absolute atomic E-state index is 0.314. The van der Waals surface area contributed by atoms with Crippen molar-refractivity contribution in [2.24, 2.45) is 0 Å². The minimum Gasteiger partial charge on any atom is -0.207 e. The Morgan fingerprint density at radius 1 is 1.17 bits per heavy atom. The number of benzene rings is 1. The standard InChI is InChI=1S/C14H23NO2S/c1-10(2)12-8-7-11(3)13(9-12)18(16,17)15-14(4,5)6/h7-10,15H,1-6H3. The van der Waals surface area contributed by atoms with Gasteiger partial charge in [-0.2, -0.15) is 0 Å². The van der Waals surface area contributed by atoms with E-state index in [0.29, 0.717) is 10.8 Å². The Morgan fingerprint density at radius 2 is 1.72 bits per heavy atom. The Kier molecular flexibility index (Phi) is 4.23. The van der Waals surface area contributed by atoms with Crippen LogP contribution in [-0.2, 0) is 10.0 Å². The fourth-order valence-corrected chi connectivity index (χ4v) is 3.42. The molecule has 1 aromatic rings. The van der Waals surface area contributed by atoms with Gasteiger partial charge in [-0.15, -0.1) is 0 Å². The van der Waals surface area contributed by atoms with Crippen molar-refractivity contribution in [2.45, 2.75) is 57.9 Å². The summed E-state index contributed by atoms with van der Waals surface area (Å²) in [5.41, 5.74) is 1.34. The van der Waals surface area contributed by atoms with E-state index in [1.54, 1.807) is 6.07 Å². The van der Waals surface area contributed by atoms with Crippen LogP contribution in [-0.4, -0.2) is 14.0 Å². The van der Waals surface area contributed by atoms with Gasteiger partial charge < -0.3 is 0 Å². The van der Waals surface area contributed by atoms with Gasteiger partial charge in [0.15, 0.2) is 0 Å². The summed E-state index contributed by atoms with van der Waals surface area (Å²) in [6.07, 6.45) is 0. The summed E-state index contributed by atoms with van der Waals surface area (Å²) in [6, 6.07) is 5.62. The Labute approximate surface area is 111 Å². The van der Waals surface area contributed by atoms with Gasteiger partial charge in [-0.25, -0.2) is 13.1 Å². The second-order valence-electron chi connectivity index (χ2n) is 6.04. The highest BCUT2D eigenvalue weighted by Gasteiger charge is 2.23. The van der Waals surface area contributed by atoms with Gasteiger partial charge in [-0.1, -0.05) is 26.0 Å². The van der Waals surface area contributed by atoms with E-state index in [4.69, 9.17) is 0 Å². The van der Waals surface area contributed by atoms with E-state index >= 15 is 0 Å². The normalized spacial score (nSPS) is 13.1. The quantitative estimate of drug-likeness (QED) is 0.916. The van der Waals surface area contributed by atoms with E-state index in [9.17, 15) is 8.42 Å². The molecule has 0 spiro atoms. The summed E-state index contributed by atoms with van der Waals surface area (Å²) in [6.45, 7) is 11.4. The lowest BCUT2D eigenvalue weighted by atomic mass is 10.0. The van der Waals surface area contributed by atoms with Crippen LogP contribution in [0.2, 0.25) is 0 Å². The van der Waals surface area contributed by atoms with Crippen LogP contribution in [0.4, 0.5) is 0 Å². The average molecular weight is 269 g/mol. The van der Waals surface area contributed by atoms with E-state index in [2.05, 4.69) is 18.6 Å². The number of hydrogen-bond donors (Lipinski definition) is 1. The Morgan fingerprint density at radius 3 is 2.17 bits per heavy atom. The molecule has 1 rings (SSSR count). The number of sulfonamides is 1. The Balaban J connectivity index is 3.28. The van der Waals surface area contributed by atoms with Crippen LogP contribution < -0.4 is 4.72 Å². The predicted molar refractivity (Wildman–Crippen MR) is 75.3 cm³/mol. The second-order valence-corrected chi connectivity index (χ2v) is 7.69. The molecule has 0 aromatic heterocycles. The highest BCUT2D eigenvalue weighted by atomic mass is 32.2. The lowest BCUT2D eigenvalue weighted by molar-refractivity contribution is 0.491. The Hall–Kier alpha value is -0.870. The minimum atomic E-state index is -3.45. The van der Waals surface area contributed by atoms with Gasteiger partial charge in [0.25, 0.3) is 0 Å². The first-order chi connectivity index (χ1) is 8.03. The van der Waals surface area contributed by atoms with Crippen molar-refractivity contribution in [3.8, 4) is 0 Å². The van der Waals surface area contributed by atoms with E-state index in [0.717, 1.165) is 11.1 Å². The van der Waals surface area contributed by atoms with Crippen molar-refractivity contribution in [3.63, 3.8) is 0 Å². The van der Waals surface area contributed by atoms with E-state index in [1.807, 2.05) is 39.8 Å². The number of nitrogens with one attached hydrogen (secondary N) is 1. The molecule has 0 aliphatic heterocycles. The van der Waals surface area contributed by atoms with Gasteiger partial charge in [0.2, 0.25) is 10.0 Å². The van der Waals surface area contributed by atoms with E-state index in [-0.39, 0.29) is 0 Å². The molecular weight excluding hydrogens is 246 g/mol. The molecule has 0 atom stereocenters. The molecule has 1 N–H and O–H groups in total. The molecule has 0 unspecified atom stereocenters. The predicted octanol–water partition coefficient (Wildman–Crippen LogP) is 3.20. The van der Waals surface area contributed by atoms with Gasteiger partial charge in [0.1, 0.15) is 0 Å². The zero-order chi connectivity index (χ0) is 14.1. The second kappa shape index (κ2) is 5.02. The third-order valence-corrected chi connectivity index (χ3v) is 4.51. The monoisotopic (exact) mass is 269 g/mol. The maximum Gasteiger partial charge on any atom is 0.241 e. The van der Waals surface area contributed by atoms with E-state index in [1.165, 1.54) is 0 Å². The zero-order valence-electron chi connectivity index (χ0n) is 12.0. The SMILES string of the molecule is Cc1ccc(C(C)C)cc1S(=O)(=O)NC(C)(C)C. The molecule has 0 saturated carbocycles. The molecule has 3 nitrogen and oxygen atoms in total. The van der Waals surface area contributed by atoms with Crippen LogP contribution in [0.3, 0.4) is 0 Å². The van der Waals surface area contributed by atoms with Gasteiger partial charge >= 0.3 is 0 Å². The summed E-state index contributed by atoms with van der Waals surface area (Å²) in [4.78, 5) is 0.378. The van der Waals surface area contributed by atoms with Crippen molar-refractivity contribution >= 4 is 10.0 Å². The third kappa shape index (κ3) is 3.82. The zero-order valence-corrected chi connectivity index (χ0v) is 12.9. The number of hydrogen-bond acceptors (Lipinski definition) is 2. The highest BCUT2D eigenvalue weighted by molar-refractivity contribution is 7.89. The largest absolute Gasteiger partial charge is 0.241 e. The topological polar surface area (TPSA) is 46.2 Å². The van der Waals surface area contributed by atoms with Crippen LogP contribution in [0.1, 0.15) is 51.7 Å². The first kappa shape index (κ1) is 15.2. The molecule has 0 aliphatic rings. The fourth-order valence-electron chi connectivity index (χ4n) is 1.72. The molecule has 0 bridgehead atoms. The smallest absolute Gasteiger partial charge is 0.207 e. The molecule has 1 aromatic carbocycles.